The largest absolute Gasteiger partial charge is 0.492 e. The van der Waals surface area contributed by atoms with Crippen molar-refractivity contribution in [2.45, 2.75) is 0 Å². The van der Waals surface area contributed by atoms with Crippen LogP contribution in [0.25, 0.3) is 0 Å². The molecule has 0 fully saturated rings. The van der Waals surface area contributed by atoms with Crippen molar-refractivity contribution in [2.75, 3.05) is 30.8 Å². The molecule has 2 rings (SSSR count). The summed E-state index contributed by atoms with van der Waals surface area (Å²) in [5.74, 6) is 0.879. The van der Waals surface area contributed by atoms with Gasteiger partial charge in [0.2, 0.25) is 0 Å². The average molecular weight is 321 g/mol. The first-order valence-corrected chi connectivity index (χ1v) is 6.89. The Labute approximate surface area is 122 Å². The molecule has 3 nitrogen and oxygen atoms in total. The van der Waals surface area contributed by atoms with Crippen LogP contribution in [0.15, 0.2) is 53.0 Å². The van der Waals surface area contributed by atoms with Gasteiger partial charge in [0.05, 0.1) is 6.54 Å². The molecule has 0 saturated heterocycles. The van der Waals surface area contributed by atoms with Gasteiger partial charge in [-0.25, -0.2) is 0 Å². The van der Waals surface area contributed by atoms with Crippen LogP contribution in [0.3, 0.4) is 0 Å². The fourth-order valence-electron chi connectivity index (χ4n) is 1.72. The van der Waals surface area contributed by atoms with Crippen LogP contribution in [0.2, 0.25) is 0 Å². The molecule has 0 spiro atoms. The second-order valence-electron chi connectivity index (χ2n) is 4.32. The molecular formula is C15H17BrN2O. The highest BCUT2D eigenvalue weighted by Crippen LogP contribution is 2.17. The number of nitrogen functional groups attached to an aromatic ring is 1. The summed E-state index contributed by atoms with van der Waals surface area (Å²) in [6.07, 6.45) is 0. The van der Waals surface area contributed by atoms with Gasteiger partial charge in [0.1, 0.15) is 12.4 Å². The lowest BCUT2D eigenvalue weighted by Gasteiger charge is -2.19. The highest BCUT2D eigenvalue weighted by atomic mass is 79.9. The van der Waals surface area contributed by atoms with Crippen molar-refractivity contribution in [3.8, 4) is 5.75 Å². The first-order valence-electron chi connectivity index (χ1n) is 6.10. The summed E-state index contributed by atoms with van der Waals surface area (Å²) in [4.78, 5) is 2.12. The van der Waals surface area contributed by atoms with Gasteiger partial charge < -0.3 is 15.4 Å². The van der Waals surface area contributed by atoms with E-state index in [0.717, 1.165) is 28.1 Å². The molecule has 0 heterocycles. The predicted molar refractivity (Wildman–Crippen MR) is 83.8 cm³/mol. The standard InChI is InChI=1S/C15H17BrN2O/c1-18(14-4-2-3-13(17)11-14)9-10-19-15-7-5-12(16)6-8-15/h2-8,11H,9-10,17H2,1H3. The van der Waals surface area contributed by atoms with Crippen LogP contribution in [0, 0.1) is 0 Å². The molecule has 0 saturated carbocycles. The molecule has 2 aromatic carbocycles. The van der Waals surface area contributed by atoms with Crippen molar-refractivity contribution < 1.29 is 4.74 Å². The number of benzene rings is 2. The first-order chi connectivity index (χ1) is 9.15. The molecule has 0 aliphatic rings. The van der Waals surface area contributed by atoms with Gasteiger partial charge in [0.25, 0.3) is 0 Å². The number of nitrogens with zero attached hydrogens (tertiary/aromatic N) is 1. The lowest BCUT2D eigenvalue weighted by Crippen LogP contribution is -2.23. The molecule has 0 radical (unpaired) electrons. The Morgan fingerprint density at radius 1 is 1.16 bits per heavy atom. The quantitative estimate of drug-likeness (QED) is 0.856. The summed E-state index contributed by atoms with van der Waals surface area (Å²) in [7, 11) is 2.03. The van der Waals surface area contributed by atoms with Gasteiger partial charge in [-0.3, -0.25) is 0 Å². The first kappa shape index (κ1) is 13.7. The van der Waals surface area contributed by atoms with E-state index in [0.29, 0.717) is 6.61 Å². The number of hydrogen-bond acceptors (Lipinski definition) is 3. The monoisotopic (exact) mass is 320 g/mol. The van der Waals surface area contributed by atoms with Crippen LogP contribution in [0.1, 0.15) is 0 Å². The van der Waals surface area contributed by atoms with E-state index in [1.54, 1.807) is 0 Å². The molecule has 0 unspecified atom stereocenters. The molecule has 19 heavy (non-hydrogen) atoms. The van der Waals surface area contributed by atoms with Crippen LogP contribution < -0.4 is 15.4 Å². The molecule has 2 N–H and O–H groups in total. The number of anilines is 2. The van der Waals surface area contributed by atoms with Crippen LogP contribution in [0.4, 0.5) is 11.4 Å². The summed E-state index contributed by atoms with van der Waals surface area (Å²) >= 11 is 3.40. The van der Waals surface area contributed by atoms with Crippen LogP contribution in [0.5, 0.6) is 5.75 Å². The van der Waals surface area contributed by atoms with Crippen molar-refractivity contribution in [1.82, 2.24) is 0 Å². The minimum Gasteiger partial charge on any atom is -0.492 e. The van der Waals surface area contributed by atoms with Gasteiger partial charge >= 0.3 is 0 Å². The molecule has 0 aromatic heterocycles. The molecule has 0 amide bonds. The number of nitrogens with two attached hydrogens (primary N) is 1. The van der Waals surface area contributed by atoms with E-state index in [1.165, 1.54) is 0 Å². The molecule has 100 valence electrons. The van der Waals surface area contributed by atoms with Gasteiger partial charge in [0, 0.05) is 22.9 Å². The van der Waals surface area contributed by atoms with Crippen molar-refractivity contribution in [3.05, 3.63) is 53.0 Å². The van der Waals surface area contributed by atoms with Gasteiger partial charge in [-0.2, -0.15) is 0 Å². The van der Waals surface area contributed by atoms with E-state index in [-0.39, 0.29) is 0 Å². The third kappa shape index (κ3) is 4.17. The van der Waals surface area contributed by atoms with E-state index in [9.17, 15) is 0 Å². The fraction of sp³-hybridized carbons (Fsp3) is 0.200. The maximum Gasteiger partial charge on any atom is 0.119 e. The van der Waals surface area contributed by atoms with Gasteiger partial charge in [-0.1, -0.05) is 22.0 Å². The maximum atomic E-state index is 5.77. The van der Waals surface area contributed by atoms with Crippen LogP contribution in [-0.2, 0) is 0 Å². The smallest absolute Gasteiger partial charge is 0.119 e. The van der Waals surface area contributed by atoms with Crippen molar-refractivity contribution in [3.63, 3.8) is 0 Å². The van der Waals surface area contributed by atoms with E-state index in [2.05, 4.69) is 20.8 Å². The number of rotatable bonds is 5. The minimum atomic E-state index is 0.632. The van der Waals surface area contributed by atoms with E-state index in [4.69, 9.17) is 10.5 Å². The van der Waals surface area contributed by atoms with Gasteiger partial charge in [-0.05, 0) is 42.5 Å². The lowest BCUT2D eigenvalue weighted by atomic mass is 10.2. The van der Waals surface area contributed by atoms with Crippen LogP contribution in [-0.4, -0.2) is 20.2 Å². The molecule has 4 heteroatoms. The Bertz CT molecular complexity index is 528. The number of ether oxygens (including phenoxy) is 1. The molecule has 0 aliphatic carbocycles. The van der Waals surface area contributed by atoms with Gasteiger partial charge in [-0.15, -0.1) is 0 Å². The number of hydrogen-bond donors (Lipinski definition) is 1. The molecule has 0 atom stereocenters. The van der Waals surface area contributed by atoms with Crippen molar-refractivity contribution in [1.29, 1.82) is 0 Å². The summed E-state index contributed by atoms with van der Waals surface area (Å²) in [6, 6.07) is 15.7. The zero-order valence-corrected chi connectivity index (χ0v) is 12.4. The second-order valence-corrected chi connectivity index (χ2v) is 5.23. The topological polar surface area (TPSA) is 38.5 Å². The average Bonchev–Trinajstić information content (AvgIpc) is 2.41. The van der Waals surface area contributed by atoms with Crippen molar-refractivity contribution >= 4 is 27.3 Å². The van der Waals surface area contributed by atoms with E-state index in [1.807, 2.05) is 55.6 Å². The normalized spacial score (nSPS) is 10.2. The highest BCUT2D eigenvalue weighted by molar-refractivity contribution is 9.10. The minimum absolute atomic E-state index is 0.632. The summed E-state index contributed by atoms with van der Waals surface area (Å²) in [5, 5.41) is 0. The summed E-state index contributed by atoms with van der Waals surface area (Å²) in [6.45, 7) is 1.44. The fourth-order valence-corrected chi connectivity index (χ4v) is 1.99. The molecule has 0 bridgehead atoms. The Kier molecular flexibility index (Phi) is 4.68. The molecule has 2 aromatic rings. The van der Waals surface area contributed by atoms with E-state index < -0.39 is 0 Å². The maximum absolute atomic E-state index is 5.77. The lowest BCUT2D eigenvalue weighted by molar-refractivity contribution is 0.326. The highest BCUT2D eigenvalue weighted by Gasteiger charge is 2.01. The van der Waals surface area contributed by atoms with Gasteiger partial charge in [0.15, 0.2) is 0 Å². The zero-order chi connectivity index (χ0) is 13.7. The summed E-state index contributed by atoms with van der Waals surface area (Å²) in [5.41, 5.74) is 7.64. The third-order valence-corrected chi connectivity index (χ3v) is 3.35. The number of likely N-dealkylation sites (N-methyl/N-ethyl adjacent to an activating group) is 1. The Balaban J connectivity index is 1.84. The predicted octanol–water partition coefficient (Wildman–Crippen LogP) is 3.55. The second kappa shape index (κ2) is 6.48. The summed E-state index contributed by atoms with van der Waals surface area (Å²) < 4.78 is 6.74. The van der Waals surface area contributed by atoms with Crippen molar-refractivity contribution in [2.24, 2.45) is 0 Å². The Morgan fingerprint density at radius 2 is 1.89 bits per heavy atom. The third-order valence-electron chi connectivity index (χ3n) is 2.82. The van der Waals surface area contributed by atoms with Crippen LogP contribution >= 0.6 is 15.9 Å². The zero-order valence-electron chi connectivity index (χ0n) is 10.8. The Hall–Kier alpha value is -1.68. The number of halogens is 1. The molecular weight excluding hydrogens is 304 g/mol. The molecule has 0 aliphatic heterocycles. The Morgan fingerprint density at radius 3 is 2.58 bits per heavy atom. The SMILES string of the molecule is CN(CCOc1ccc(Br)cc1)c1cccc(N)c1. The van der Waals surface area contributed by atoms with E-state index >= 15 is 0 Å².